The summed E-state index contributed by atoms with van der Waals surface area (Å²) in [6, 6.07) is 7.11. The molecule has 0 aliphatic carbocycles. The predicted octanol–water partition coefficient (Wildman–Crippen LogP) is 2.17. The number of nitrogens with one attached hydrogen (secondary N) is 1. The van der Waals surface area contributed by atoms with Crippen molar-refractivity contribution in [2.24, 2.45) is 0 Å². The zero-order valence-corrected chi connectivity index (χ0v) is 15.3. The maximum absolute atomic E-state index is 11.7. The van der Waals surface area contributed by atoms with E-state index < -0.39 is 12.1 Å². The molecule has 2 aromatic heterocycles. The maximum atomic E-state index is 11.7. The van der Waals surface area contributed by atoms with Crippen molar-refractivity contribution in [2.45, 2.75) is 19.1 Å². The van der Waals surface area contributed by atoms with Crippen LogP contribution in [0.3, 0.4) is 0 Å². The van der Waals surface area contributed by atoms with E-state index in [9.17, 15) is 18.0 Å². The summed E-state index contributed by atoms with van der Waals surface area (Å²) >= 11 is 0. The van der Waals surface area contributed by atoms with Crippen molar-refractivity contribution in [2.75, 3.05) is 25.1 Å². The maximum Gasteiger partial charge on any atom is 0.490 e. The van der Waals surface area contributed by atoms with E-state index in [0.717, 1.165) is 0 Å². The van der Waals surface area contributed by atoms with Gasteiger partial charge in [0, 0.05) is 25.9 Å². The Hall–Kier alpha value is -3.28. The Morgan fingerprint density at radius 3 is 2.52 bits per heavy atom. The number of aliphatic carboxylic acids is 1. The van der Waals surface area contributed by atoms with Crippen LogP contribution in [0.15, 0.2) is 36.7 Å². The normalized spacial score (nSPS) is 16.4. The second-order valence-electron chi connectivity index (χ2n) is 5.75. The average Bonchev–Trinajstić information content (AvgIpc) is 2.69. The molecule has 1 atom stereocenters. The highest BCUT2D eigenvalue weighted by atomic mass is 19.4. The van der Waals surface area contributed by atoms with Gasteiger partial charge in [0.05, 0.1) is 13.2 Å². The number of halogens is 3. The van der Waals surface area contributed by atoms with Crippen molar-refractivity contribution in [1.82, 2.24) is 19.9 Å². The third kappa shape index (κ3) is 6.68. The number of anilines is 2. The van der Waals surface area contributed by atoms with Gasteiger partial charge in [0.25, 0.3) is 0 Å². The van der Waals surface area contributed by atoms with Crippen LogP contribution in [-0.4, -0.2) is 62.8 Å². The van der Waals surface area contributed by atoms with Gasteiger partial charge in [-0.15, -0.1) is 0 Å². The Labute approximate surface area is 163 Å². The number of ether oxygens (including phenoxy) is 1. The lowest BCUT2D eigenvalue weighted by Crippen LogP contribution is -2.43. The second-order valence-corrected chi connectivity index (χ2v) is 5.75. The number of pyridine rings is 1. The topological polar surface area (TPSA) is 118 Å². The number of morpholine rings is 1. The van der Waals surface area contributed by atoms with Crippen LogP contribution in [0.25, 0.3) is 0 Å². The van der Waals surface area contributed by atoms with Gasteiger partial charge in [-0.3, -0.25) is 4.79 Å². The summed E-state index contributed by atoms with van der Waals surface area (Å²) in [4.78, 5) is 35.4. The van der Waals surface area contributed by atoms with E-state index in [2.05, 4.69) is 20.3 Å². The fraction of sp³-hybridized carbons (Fsp3) is 0.353. The first-order chi connectivity index (χ1) is 13.7. The first-order valence-corrected chi connectivity index (χ1v) is 8.34. The van der Waals surface area contributed by atoms with Crippen molar-refractivity contribution >= 4 is 23.5 Å². The van der Waals surface area contributed by atoms with Crippen LogP contribution < -0.4 is 5.32 Å². The molecule has 3 rings (SSSR count). The van der Waals surface area contributed by atoms with Crippen molar-refractivity contribution < 1.29 is 32.6 Å². The minimum absolute atomic E-state index is 0.0000108. The summed E-state index contributed by atoms with van der Waals surface area (Å²) < 4.78 is 37.2. The molecule has 1 aliphatic rings. The largest absolute Gasteiger partial charge is 0.490 e. The zero-order valence-electron chi connectivity index (χ0n) is 15.3. The zero-order chi connectivity index (χ0) is 21.4. The quantitative estimate of drug-likeness (QED) is 0.786. The monoisotopic (exact) mass is 413 g/mol. The molecule has 1 saturated heterocycles. The molecule has 0 aromatic carbocycles. The van der Waals surface area contributed by atoms with Crippen LogP contribution in [0.1, 0.15) is 18.8 Å². The van der Waals surface area contributed by atoms with Crippen molar-refractivity contribution in [1.29, 1.82) is 0 Å². The Morgan fingerprint density at radius 2 is 1.93 bits per heavy atom. The molecular formula is C17H18F3N5O4. The smallest absolute Gasteiger partial charge is 0.475 e. The lowest BCUT2D eigenvalue weighted by molar-refractivity contribution is -0.192. The highest BCUT2D eigenvalue weighted by Crippen LogP contribution is 2.22. The van der Waals surface area contributed by atoms with Crippen molar-refractivity contribution in [3.05, 3.63) is 42.5 Å². The molecule has 1 amide bonds. The van der Waals surface area contributed by atoms with Crippen LogP contribution >= 0.6 is 0 Å². The van der Waals surface area contributed by atoms with Gasteiger partial charge < -0.3 is 20.1 Å². The number of carbonyl (C=O) groups is 2. The lowest BCUT2D eigenvalue weighted by atomic mass is 10.2. The number of hydrogen-bond acceptors (Lipinski definition) is 7. The molecule has 1 aliphatic heterocycles. The van der Waals surface area contributed by atoms with E-state index in [1.807, 2.05) is 18.2 Å². The van der Waals surface area contributed by atoms with Crippen LogP contribution in [0.4, 0.5) is 24.8 Å². The van der Waals surface area contributed by atoms with Gasteiger partial charge in [-0.25, -0.2) is 19.7 Å². The Bertz CT molecular complexity index is 835. The van der Waals surface area contributed by atoms with Gasteiger partial charge in [0.2, 0.25) is 5.91 Å². The lowest BCUT2D eigenvalue weighted by Gasteiger charge is -2.33. The molecule has 156 valence electrons. The number of amides is 1. The number of carboxylic acids is 1. The third-order valence-corrected chi connectivity index (χ3v) is 3.67. The molecule has 1 unspecified atom stereocenters. The minimum atomic E-state index is -5.08. The van der Waals surface area contributed by atoms with Crippen molar-refractivity contribution in [3.63, 3.8) is 0 Å². The summed E-state index contributed by atoms with van der Waals surface area (Å²) in [5.41, 5.74) is 0. The first-order valence-electron chi connectivity index (χ1n) is 8.34. The molecule has 0 saturated carbocycles. The van der Waals surface area contributed by atoms with E-state index in [-0.39, 0.29) is 11.9 Å². The Morgan fingerprint density at radius 1 is 1.21 bits per heavy atom. The first kappa shape index (κ1) is 22.0. The third-order valence-electron chi connectivity index (χ3n) is 3.67. The summed E-state index contributed by atoms with van der Waals surface area (Å²) in [5, 5.41) is 10.2. The standard InChI is InChI=1S/C15H17N5O2.C2HF3O2/c1-11(21)20-8-9-22-10-12(20)15-17-7-5-14(19-15)18-13-4-2-3-6-16-13;3-2(4,5)1(6)7/h2-7,12H,8-10H2,1H3,(H,16,17,18,19);(H,6,7). The molecule has 2 aromatic rings. The Kier molecular flexibility index (Phi) is 7.42. The summed E-state index contributed by atoms with van der Waals surface area (Å²) in [7, 11) is 0. The van der Waals surface area contributed by atoms with Crippen LogP contribution in [0, 0.1) is 0 Å². The van der Waals surface area contributed by atoms with Gasteiger partial charge >= 0.3 is 12.1 Å². The molecule has 0 bridgehead atoms. The average molecular weight is 413 g/mol. The van der Waals surface area contributed by atoms with Gasteiger partial charge in [-0.1, -0.05) is 6.07 Å². The molecule has 0 radical (unpaired) electrons. The molecule has 2 N–H and O–H groups in total. The van der Waals surface area contributed by atoms with Crippen LogP contribution in [-0.2, 0) is 14.3 Å². The highest BCUT2D eigenvalue weighted by molar-refractivity contribution is 5.74. The molecule has 3 heterocycles. The molecule has 12 heteroatoms. The summed E-state index contributed by atoms with van der Waals surface area (Å²) in [6.07, 6.45) is -1.71. The fourth-order valence-electron chi connectivity index (χ4n) is 2.37. The Balaban J connectivity index is 0.000000370. The molecule has 9 nitrogen and oxygen atoms in total. The molecular weight excluding hydrogens is 395 g/mol. The fourth-order valence-corrected chi connectivity index (χ4v) is 2.37. The number of rotatable bonds is 3. The number of carboxylic acid groups (broad SMARTS) is 1. The van der Waals surface area contributed by atoms with E-state index >= 15 is 0 Å². The number of aromatic nitrogens is 3. The number of carbonyl (C=O) groups excluding carboxylic acids is 1. The summed E-state index contributed by atoms with van der Waals surface area (Å²) in [5.74, 6) is -0.850. The van der Waals surface area contributed by atoms with Crippen LogP contribution in [0.5, 0.6) is 0 Å². The summed E-state index contributed by atoms with van der Waals surface area (Å²) in [6.45, 7) is 3.06. The molecule has 0 spiro atoms. The highest BCUT2D eigenvalue weighted by Gasteiger charge is 2.38. The second kappa shape index (κ2) is 9.78. The number of hydrogen-bond donors (Lipinski definition) is 2. The van der Waals surface area contributed by atoms with Gasteiger partial charge in [-0.2, -0.15) is 13.2 Å². The van der Waals surface area contributed by atoms with Crippen LogP contribution in [0.2, 0.25) is 0 Å². The molecule has 29 heavy (non-hydrogen) atoms. The van der Waals surface area contributed by atoms with E-state index in [0.29, 0.717) is 37.2 Å². The number of alkyl halides is 3. The van der Waals surface area contributed by atoms with E-state index in [1.165, 1.54) is 0 Å². The van der Waals surface area contributed by atoms with Gasteiger partial charge in [-0.05, 0) is 18.2 Å². The van der Waals surface area contributed by atoms with Gasteiger partial charge in [0.1, 0.15) is 17.7 Å². The van der Waals surface area contributed by atoms with E-state index in [1.54, 1.807) is 30.3 Å². The minimum Gasteiger partial charge on any atom is -0.475 e. The van der Waals surface area contributed by atoms with Crippen molar-refractivity contribution in [3.8, 4) is 0 Å². The molecule has 1 fully saturated rings. The predicted molar refractivity (Wildman–Crippen MR) is 94.2 cm³/mol. The number of nitrogens with zero attached hydrogens (tertiary/aromatic N) is 4. The van der Waals surface area contributed by atoms with Gasteiger partial charge in [0.15, 0.2) is 5.82 Å². The van der Waals surface area contributed by atoms with E-state index in [4.69, 9.17) is 14.6 Å². The SMILES string of the molecule is CC(=O)N1CCOCC1c1nccc(Nc2ccccn2)n1.O=C(O)C(F)(F)F.